The maximum atomic E-state index is 12.2. The molecule has 23 heavy (non-hydrogen) atoms. The fourth-order valence-electron chi connectivity index (χ4n) is 2.73. The monoisotopic (exact) mass is 319 g/mol. The maximum absolute atomic E-state index is 12.2. The van der Waals surface area contributed by atoms with Crippen molar-refractivity contribution in [3.05, 3.63) is 29.8 Å². The lowest BCUT2D eigenvalue weighted by Crippen LogP contribution is -2.34. The number of likely N-dealkylation sites (tertiary alicyclic amines) is 1. The number of ether oxygens (including phenoxy) is 1. The van der Waals surface area contributed by atoms with Gasteiger partial charge in [-0.2, -0.15) is 0 Å². The van der Waals surface area contributed by atoms with Gasteiger partial charge in [-0.3, -0.25) is 9.59 Å². The van der Waals surface area contributed by atoms with E-state index in [1.807, 2.05) is 24.3 Å². The van der Waals surface area contributed by atoms with E-state index in [1.54, 1.807) is 11.8 Å². The van der Waals surface area contributed by atoms with Gasteiger partial charge in [0.2, 0.25) is 5.91 Å². The number of carbonyl (C=O) groups is 2. The Bertz CT molecular complexity index is 555. The Kier molecular flexibility index (Phi) is 5.64. The van der Waals surface area contributed by atoms with Crippen LogP contribution in [-0.2, 0) is 16.0 Å². The predicted octanol–water partition coefficient (Wildman–Crippen LogP) is 2.73. The van der Waals surface area contributed by atoms with E-state index in [2.05, 4.69) is 6.92 Å². The Hall–Kier alpha value is -2.04. The molecule has 0 spiro atoms. The second kappa shape index (κ2) is 7.49. The molecule has 5 heteroatoms. The first-order valence-electron chi connectivity index (χ1n) is 8.17. The average Bonchev–Trinajstić information content (AvgIpc) is 2.95. The highest BCUT2D eigenvalue weighted by Gasteiger charge is 2.41. The van der Waals surface area contributed by atoms with Crippen LogP contribution in [0.15, 0.2) is 24.3 Å². The van der Waals surface area contributed by atoms with Crippen molar-refractivity contribution in [1.29, 1.82) is 0 Å². The molecule has 0 aromatic heterocycles. The first kappa shape index (κ1) is 17.3. The van der Waals surface area contributed by atoms with Gasteiger partial charge in [0, 0.05) is 19.5 Å². The van der Waals surface area contributed by atoms with E-state index < -0.39 is 11.4 Å². The zero-order chi connectivity index (χ0) is 16.9. The van der Waals surface area contributed by atoms with Gasteiger partial charge in [0.05, 0.1) is 12.0 Å². The molecule has 0 aliphatic carbocycles. The van der Waals surface area contributed by atoms with Crippen molar-refractivity contribution in [3.8, 4) is 5.75 Å². The van der Waals surface area contributed by atoms with E-state index in [0.717, 1.165) is 17.7 Å². The third-order valence-electron chi connectivity index (χ3n) is 4.37. The van der Waals surface area contributed by atoms with Crippen LogP contribution in [0, 0.1) is 5.41 Å². The summed E-state index contributed by atoms with van der Waals surface area (Å²) in [5.74, 6) is 0.0513. The number of carboxylic acids is 1. The molecule has 1 heterocycles. The van der Waals surface area contributed by atoms with Crippen molar-refractivity contribution in [2.75, 3.05) is 19.7 Å². The first-order valence-corrected chi connectivity index (χ1v) is 8.17. The summed E-state index contributed by atoms with van der Waals surface area (Å²) < 4.78 is 5.53. The quantitative estimate of drug-likeness (QED) is 0.839. The van der Waals surface area contributed by atoms with Crippen LogP contribution in [0.3, 0.4) is 0 Å². The summed E-state index contributed by atoms with van der Waals surface area (Å²) in [5, 5.41) is 9.22. The van der Waals surface area contributed by atoms with Gasteiger partial charge in [0.1, 0.15) is 5.75 Å². The lowest BCUT2D eigenvalue weighted by atomic mass is 9.90. The molecule has 1 atom stereocenters. The number of carboxylic acid groups (broad SMARTS) is 1. The van der Waals surface area contributed by atoms with Gasteiger partial charge in [0.25, 0.3) is 0 Å². The molecule has 0 saturated carbocycles. The number of hydrogen-bond acceptors (Lipinski definition) is 3. The predicted molar refractivity (Wildman–Crippen MR) is 87.5 cm³/mol. The summed E-state index contributed by atoms with van der Waals surface area (Å²) in [6.07, 6.45) is 2.57. The molecule has 2 rings (SSSR count). The Morgan fingerprint density at radius 3 is 2.57 bits per heavy atom. The van der Waals surface area contributed by atoms with Crippen molar-refractivity contribution in [1.82, 2.24) is 4.90 Å². The first-order chi connectivity index (χ1) is 10.9. The lowest BCUT2D eigenvalue weighted by Gasteiger charge is -2.20. The van der Waals surface area contributed by atoms with Crippen molar-refractivity contribution in [2.45, 2.75) is 39.5 Å². The van der Waals surface area contributed by atoms with Gasteiger partial charge >= 0.3 is 5.97 Å². The van der Waals surface area contributed by atoms with Gasteiger partial charge in [-0.25, -0.2) is 0 Å². The minimum atomic E-state index is -0.824. The van der Waals surface area contributed by atoms with Gasteiger partial charge in [-0.05, 0) is 43.9 Å². The Balaban J connectivity index is 1.82. The van der Waals surface area contributed by atoms with Crippen LogP contribution in [0.1, 0.15) is 38.7 Å². The molecule has 1 aromatic rings. The molecule has 0 bridgehead atoms. The number of amides is 1. The largest absolute Gasteiger partial charge is 0.494 e. The van der Waals surface area contributed by atoms with Crippen LogP contribution in [0.25, 0.3) is 0 Å². The van der Waals surface area contributed by atoms with Crippen LogP contribution in [0.5, 0.6) is 5.75 Å². The zero-order valence-electron chi connectivity index (χ0n) is 13.9. The van der Waals surface area contributed by atoms with E-state index in [9.17, 15) is 14.7 Å². The van der Waals surface area contributed by atoms with Gasteiger partial charge in [0.15, 0.2) is 0 Å². The highest BCUT2D eigenvalue weighted by atomic mass is 16.5. The van der Waals surface area contributed by atoms with E-state index >= 15 is 0 Å². The van der Waals surface area contributed by atoms with Crippen molar-refractivity contribution in [2.24, 2.45) is 5.41 Å². The number of rotatable bonds is 7. The number of aliphatic carboxylic acids is 1. The van der Waals surface area contributed by atoms with Crippen LogP contribution < -0.4 is 4.74 Å². The van der Waals surface area contributed by atoms with Crippen LogP contribution in [0.2, 0.25) is 0 Å². The van der Waals surface area contributed by atoms with Gasteiger partial charge in [-0.1, -0.05) is 19.1 Å². The smallest absolute Gasteiger partial charge is 0.311 e. The van der Waals surface area contributed by atoms with Gasteiger partial charge < -0.3 is 14.7 Å². The molecule has 1 saturated heterocycles. The lowest BCUT2D eigenvalue weighted by molar-refractivity contribution is -0.147. The molecule has 1 fully saturated rings. The van der Waals surface area contributed by atoms with Crippen LogP contribution >= 0.6 is 0 Å². The molecule has 1 aliphatic heterocycles. The Labute approximate surface area is 137 Å². The molecule has 1 aromatic carbocycles. The molecule has 1 N–H and O–H groups in total. The highest BCUT2D eigenvalue weighted by molar-refractivity contribution is 5.80. The SMILES string of the molecule is CCCOc1ccc(CCC(=O)N2CC[C@@](C)(C(=O)O)C2)cc1. The van der Waals surface area contributed by atoms with E-state index in [0.29, 0.717) is 39.0 Å². The minimum absolute atomic E-state index is 0.0290. The van der Waals surface area contributed by atoms with Gasteiger partial charge in [-0.15, -0.1) is 0 Å². The summed E-state index contributed by atoms with van der Waals surface area (Å²) in [7, 11) is 0. The van der Waals surface area contributed by atoms with E-state index in [-0.39, 0.29) is 5.91 Å². The summed E-state index contributed by atoms with van der Waals surface area (Å²) >= 11 is 0. The number of benzene rings is 1. The Morgan fingerprint density at radius 1 is 1.30 bits per heavy atom. The van der Waals surface area contributed by atoms with Crippen LogP contribution in [-0.4, -0.2) is 41.6 Å². The maximum Gasteiger partial charge on any atom is 0.311 e. The second-order valence-corrected chi connectivity index (χ2v) is 6.42. The average molecular weight is 319 g/mol. The van der Waals surface area contributed by atoms with Crippen molar-refractivity contribution in [3.63, 3.8) is 0 Å². The minimum Gasteiger partial charge on any atom is -0.494 e. The standard InChI is InChI=1S/C18H25NO4/c1-3-12-23-15-7-4-14(5-8-15)6-9-16(20)19-11-10-18(2,13-19)17(21)22/h4-5,7-8H,3,6,9-13H2,1-2H3,(H,21,22)/t18-/m1/s1. The summed E-state index contributed by atoms with van der Waals surface area (Å²) in [5.41, 5.74) is 0.288. The summed E-state index contributed by atoms with van der Waals surface area (Å²) in [4.78, 5) is 25.1. The topological polar surface area (TPSA) is 66.8 Å². The van der Waals surface area contributed by atoms with Crippen molar-refractivity contribution < 1.29 is 19.4 Å². The number of carbonyl (C=O) groups excluding carboxylic acids is 1. The number of nitrogens with zero attached hydrogens (tertiary/aromatic N) is 1. The van der Waals surface area contributed by atoms with E-state index in [1.165, 1.54) is 0 Å². The molecule has 1 aliphatic rings. The molecular formula is C18H25NO4. The molecular weight excluding hydrogens is 294 g/mol. The third kappa shape index (κ3) is 4.47. The third-order valence-corrected chi connectivity index (χ3v) is 4.37. The molecule has 0 unspecified atom stereocenters. The van der Waals surface area contributed by atoms with Crippen LogP contribution in [0.4, 0.5) is 0 Å². The van der Waals surface area contributed by atoms with E-state index in [4.69, 9.17) is 4.74 Å². The summed E-state index contributed by atoms with van der Waals surface area (Å²) in [6.45, 7) is 5.32. The second-order valence-electron chi connectivity index (χ2n) is 6.42. The normalized spacial score (nSPS) is 20.5. The molecule has 1 amide bonds. The number of aryl methyl sites for hydroxylation is 1. The molecule has 126 valence electrons. The fourth-order valence-corrected chi connectivity index (χ4v) is 2.73. The number of hydrogen-bond donors (Lipinski definition) is 1. The highest BCUT2D eigenvalue weighted by Crippen LogP contribution is 2.30. The zero-order valence-corrected chi connectivity index (χ0v) is 13.9. The summed E-state index contributed by atoms with van der Waals surface area (Å²) in [6, 6.07) is 7.80. The molecule has 0 radical (unpaired) electrons. The molecule has 5 nitrogen and oxygen atoms in total. The Morgan fingerprint density at radius 2 is 2.00 bits per heavy atom. The fraction of sp³-hybridized carbons (Fsp3) is 0.556. The van der Waals surface area contributed by atoms with Crippen molar-refractivity contribution >= 4 is 11.9 Å².